The van der Waals surface area contributed by atoms with E-state index in [-0.39, 0.29) is 0 Å². The summed E-state index contributed by atoms with van der Waals surface area (Å²) < 4.78 is 95.8. The van der Waals surface area contributed by atoms with Crippen LogP contribution in [0.2, 0.25) is 10.0 Å². The van der Waals surface area contributed by atoms with Crippen LogP contribution in [0.4, 0.5) is 36.4 Å². The van der Waals surface area contributed by atoms with E-state index in [0.717, 1.165) is 17.3 Å². The van der Waals surface area contributed by atoms with Gasteiger partial charge in [0.1, 0.15) is 11.3 Å². The summed E-state index contributed by atoms with van der Waals surface area (Å²) in [4.78, 5) is 0. The number of nitrogens with one attached hydrogen (secondary N) is 1. The summed E-state index contributed by atoms with van der Waals surface area (Å²) in [6.07, 6.45) is -2.89. The van der Waals surface area contributed by atoms with Gasteiger partial charge < -0.3 is 4.57 Å². The molecule has 3 aromatic carbocycles. The maximum absolute atomic E-state index is 14.1. The molecule has 0 radical (unpaired) electrons. The summed E-state index contributed by atoms with van der Waals surface area (Å²) in [6, 6.07) is 12.0. The Hall–Kier alpha value is -3.24. The third-order valence-electron chi connectivity index (χ3n) is 5.10. The van der Waals surface area contributed by atoms with Gasteiger partial charge in [0.05, 0.1) is 6.21 Å². The Kier molecular flexibility index (Phi) is 6.70. The first-order valence-corrected chi connectivity index (χ1v) is 10.5. The standard InChI is InChI=1S/C23H12Cl2F7N3/c24-13-6-5-11(15(25)7-13)9-35-10-12(14-3-1-2-4-16(14)35)8-33-34-22-20(28)18(26)17(23(30,31)32)19(27)21(22)29/h1-8,10,34H,9H2/b33-8-. The summed E-state index contributed by atoms with van der Waals surface area (Å²) >= 11 is 12.2. The first-order chi connectivity index (χ1) is 16.5. The normalized spacial score (nSPS) is 12.1. The molecule has 0 spiro atoms. The maximum Gasteiger partial charge on any atom is 0.422 e. The summed E-state index contributed by atoms with van der Waals surface area (Å²) in [5, 5.41) is 5.14. The lowest BCUT2D eigenvalue weighted by molar-refractivity contribution is -0.143. The van der Waals surface area contributed by atoms with E-state index < -0.39 is 40.7 Å². The molecule has 1 aromatic heterocycles. The third kappa shape index (κ3) is 4.81. The SMILES string of the molecule is Fc1c(F)c(C(F)(F)F)c(F)c(F)c1N/N=C\c1cn(Cc2ccc(Cl)cc2Cl)c2ccccc12. The summed E-state index contributed by atoms with van der Waals surface area (Å²) in [7, 11) is 0. The molecule has 4 aromatic rings. The second-order valence-corrected chi connectivity index (χ2v) is 8.18. The molecule has 182 valence electrons. The van der Waals surface area contributed by atoms with Gasteiger partial charge in [-0.3, -0.25) is 5.43 Å². The Morgan fingerprint density at radius 3 is 2.20 bits per heavy atom. The van der Waals surface area contributed by atoms with Crippen LogP contribution in [-0.4, -0.2) is 10.8 Å². The fraction of sp³-hybridized carbons (Fsp3) is 0.0870. The minimum absolute atomic E-state index is 0.330. The number of fused-ring (bicyclic) bond motifs is 1. The zero-order chi connectivity index (χ0) is 25.5. The van der Waals surface area contributed by atoms with Crippen molar-refractivity contribution in [3.05, 3.63) is 98.7 Å². The minimum Gasteiger partial charge on any atom is -0.342 e. The topological polar surface area (TPSA) is 29.3 Å². The number of nitrogens with zero attached hydrogens (tertiary/aromatic N) is 2. The van der Waals surface area contributed by atoms with Gasteiger partial charge in [0, 0.05) is 39.3 Å². The fourth-order valence-corrected chi connectivity index (χ4v) is 3.96. The molecule has 0 saturated heterocycles. The van der Waals surface area contributed by atoms with E-state index in [0.29, 0.717) is 27.5 Å². The number of rotatable bonds is 5. The summed E-state index contributed by atoms with van der Waals surface area (Å²) in [5.41, 5.74) is -0.479. The fourth-order valence-electron chi connectivity index (χ4n) is 3.49. The van der Waals surface area contributed by atoms with Gasteiger partial charge in [-0.2, -0.15) is 18.3 Å². The minimum atomic E-state index is -5.63. The Bertz CT molecular complexity index is 1430. The average molecular weight is 534 g/mol. The van der Waals surface area contributed by atoms with Crippen molar-refractivity contribution in [3.8, 4) is 0 Å². The number of hydrogen-bond acceptors (Lipinski definition) is 2. The molecule has 1 N–H and O–H groups in total. The highest BCUT2D eigenvalue weighted by Gasteiger charge is 2.42. The van der Waals surface area contributed by atoms with Crippen LogP contribution in [0.3, 0.4) is 0 Å². The van der Waals surface area contributed by atoms with Gasteiger partial charge in [0.25, 0.3) is 0 Å². The molecule has 0 amide bonds. The number of anilines is 1. The Labute approximate surface area is 203 Å². The summed E-state index contributed by atoms with van der Waals surface area (Å²) in [6.45, 7) is 0.330. The molecule has 0 bridgehead atoms. The molecule has 4 rings (SSSR count). The van der Waals surface area contributed by atoms with Crippen molar-refractivity contribution in [2.24, 2.45) is 5.10 Å². The van der Waals surface area contributed by atoms with E-state index in [9.17, 15) is 30.7 Å². The van der Waals surface area contributed by atoms with Crippen LogP contribution in [0.25, 0.3) is 10.9 Å². The van der Waals surface area contributed by atoms with E-state index in [2.05, 4.69) is 5.10 Å². The van der Waals surface area contributed by atoms with Crippen molar-refractivity contribution in [3.63, 3.8) is 0 Å². The van der Waals surface area contributed by atoms with Crippen LogP contribution in [0.1, 0.15) is 16.7 Å². The molecule has 0 aliphatic rings. The lowest BCUT2D eigenvalue weighted by atomic mass is 10.1. The van der Waals surface area contributed by atoms with Gasteiger partial charge in [-0.1, -0.05) is 47.5 Å². The largest absolute Gasteiger partial charge is 0.422 e. The molecular weight excluding hydrogens is 522 g/mol. The second-order valence-electron chi connectivity index (χ2n) is 7.34. The molecule has 0 aliphatic heterocycles. The van der Waals surface area contributed by atoms with Gasteiger partial charge in [-0.05, 0) is 23.8 Å². The van der Waals surface area contributed by atoms with Gasteiger partial charge in [0.15, 0.2) is 23.3 Å². The number of aromatic nitrogens is 1. The van der Waals surface area contributed by atoms with E-state index in [4.69, 9.17) is 23.2 Å². The highest BCUT2D eigenvalue weighted by molar-refractivity contribution is 6.35. The van der Waals surface area contributed by atoms with Gasteiger partial charge >= 0.3 is 6.18 Å². The zero-order valence-corrected chi connectivity index (χ0v) is 18.7. The first kappa shape index (κ1) is 24.9. The van der Waals surface area contributed by atoms with Gasteiger partial charge in [-0.25, -0.2) is 17.6 Å². The molecule has 0 fully saturated rings. The number of benzene rings is 3. The molecule has 35 heavy (non-hydrogen) atoms. The molecule has 1 heterocycles. The average Bonchev–Trinajstić information content (AvgIpc) is 3.13. The molecule has 0 unspecified atom stereocenters. The molecule has 0 atom stereocenters. The van der Waals surface area contributed by atoms with Crippen molar-refractivity contribution >= 4 is 46.0 Å². The van der Waals surface area contributed by atoms with Gasteiger partial charge in [-0.15, -0.1) is 0 Å². The predicted octanol–water partition coefficient (Wildman–Crippen LogP) is 8.02. The Morgan fingerprint density at radius 1 is 0.914 bits per heavy atom. The van der Waals surface area contributed by atoms with Crippen molar-refractivity contribution in [2.75, 3.05) is 5.43 Å². The maximum atomic E-state index is 14.1. The van der Waals surface area contributed by atoms with Gasteiger partial charge in [0.2, 0.25) is 0 Å². The molecule has 0 aliphatic carbocycles. The van der Waals surface area contributed by atoms with E-state index in [1.54, 1.807) is 54.1 Å². The van der Waals surface area contributed by atoms with Crippen molar-refractivity contribution < 1.29 is 30.7 Å². The van der Waals surface area contributed by atoms with Crippen LogP contribution in [0.15, 0.2) is 53.8 Å². The molecule has 12 heteroatoms. The predicted molar refractivity (Wildman–Crippen MR) is 120 cm³/mol. The highest BCUT2D eigenvalue weighted by Crippen LogP contribution is 2.38. The summed E-state index contributed by atoms with van der Waals surface area (Å²) in [5.74, 6) is -9.67. The van der Waals surface area contributed by atoms with Crippen molar-refractivity contribution in [1.29, 1.82) is 0 Å². The van der Waals surface area contributed by atoms with E-state index in [1.807, 2.05) is 4.57 Å². The second kappa shape index (κ2) is 9.43. The van der Waals surface area contributed by atoms with Crippen molar-refractivity contribution in [2.45, 2.75) is 12.7 Å². The lowest BCUT2D eigenvalue weighted by Crippen LogP contribution is -2.16. The van der Waals surface area contributed by atoms with Crippen LogP contribution < -0.4 is 5.43 Å². The number of halogens is 9. The number of hydrogen-bond donors (Lipinski definition) is 1. The number of para-hydroxylation sites is 1. The molecule has 3 nitrogen and oxygen atoms in total. The molecule has 0 saturated carbocycles. The third-order valence-corrected chi connectivity index (χ3v) is 5.69. The van der Waals surface area contributed by atoms with Crippen LogP contribution in [-0.2, 0) is 12.7 Å². The van der Waals surface area contributed by atoms with E-state index >= 15 is 0 Å². The Morgan fingerprint density at radius 2 is 1.57 bits per heavy atom. The van der Waals surface area contributed by atoms with E-state index in [1.165, 1.54) is 0 Å². The highest BCUT2D eigenvalue weighted by atomic mass is 35.5. The number of alkyl halides is 3. The van der Waals surface area contributed by atoms with Crippen LogP contribution in [0, 0.1) is 23.3 Å². The smallest absolute Gasteiger partial charge is 0.342 e. The monoisotopic (exact) mass is 533 g/mol. The number of hydrazone groups is 1. The van der Waals surface area contributed by atoms with Crippen LogP contribution in [0.5, 0.6) is 0 Å². The molecular formula is C23H12Cl2F7N3. The first-order valence-electron chi connectivity index (χ1n) is 9.73. The zero-order valence-electron chi connectivity index (χ0n) is 17.2. The quantitative estimate of drug-likeness (QED) is 0.120. The Balaban J connectivity index is 1.67. The van der Waals surface area contributed by atoms with Crippen molar-refractivity contribution in [1.82, 2.24) is 4.57 Å². The van der Waals surface area contributed by atoms with Crippen LogP contribution >= 0.6 is 23.2 Å². The lowest BCUT2D eigenvalue weighted by Gasteiger charge is -2.13.